The van der Waals surface area contributed by atoms with Gasteiger partial charge in [0.05, 0.1) is 23.1 Å². The third kappa shape index (κ3) is 2.11. The van der Waals surface area contributed by atoms with Crippen LogP contribution in [-0.2, 0) is 5.41 Å². The lowest BCUT2D eigenvalue weighted by atomic mass is 9.65. The molecule has 26 heavy (non-hydrogen) atoms. The van der Waals surface area contributed by atoms with Gasteiger partial charge in [-0.1, -0.05) is 26.0 Å². The molecular weight excluding hydrogens is 325 g/mol. The summed E-state index contributed by atoms with van der Waals surface area (Å²) in [4.78, 5) is 9.71. The van der Waals surface area contributed by atoms with Crippen molar-refractivity contribution in [3.63, 3.8) is 0 Å². The minimum absolute atomic E-state index is 0.172. The van der Waals surface area contributed by atoms with Gasteiger partial charge in [0.2, 0.25) is 0 Å². The smallest absolute Gasteiger partial charge is 0.140 e. The van der Waals surface area contributed by atoms with Gasteiger partial charge < -0.3 is 0 Å². The van der Waals surface area contributed by atoms with E-state index in [-0.39, 0.29) is 5.82 Å². The van der Waals surface area contributed by atoms with Crippen LogP contribution in [0.2, 0.25) is 0 Å². The van der Waals surface area contributed by atoms with Crippen LogP contribution in [0.5, 0.6) is 0 Å². The highest BCUT2D eigenvalue weighted by Gasteiger charge is 2.45. The lowest BCUT2D eigenvalue weighted by Gasteiger charge is -2.44. The summed E-state index contributed by atoms with van der Waals surface area (Å²) in [5.74, 6) is -0.172. The van der Waals surface area contributed by atoms with E-state index in [1.54, 1.807) is 12.1 Å². The molecule has 0 atom stereocenters. The highest BCUT2D eigenvalue weighted by atomic mass is 19.1. The molecule has 3 nitrogen and oxygen atoms in total. The molecule has 1 aromatic carbocycles. The van der Waals surface area contributed by atoms with Crippen LogP contribution in [-0.4, -0.2) is 20.6 Å². The molecule has 4 rings (SSSR count). The Balaban J connectivity index is 2.06. The van der Waals surface area contributed by atoms with E-state index in [1.165, 1.54) is 5.56 Å². The van der Waals surface area contributed by atoms with Crippen LogP contribution in [0.15, 0.2) is 41.7 Å². The lowest BCUT2D eigenvalue weighted by molar-refractivity contribution is 0.293. The normalized spacial score (nSPS) is 17.9. The first kappa shape index (κ1) is 17.0. The minimum atomic E-state index is -0.443. The van der Waals surface area contributed by atoms with E-state index < -0.39 is 11.0 Å². The third-order valence-electron chi connectivity index (χ3n) is 6.25. The molecular formula is C22H24FN3. The number of aliphatic imine (C=N–C) groups is 1. The number of pyridine rings is 1. The predicted molar refractivity (Wildman–Crippen MR) is 104 cm³/mol. The van der Waals surface area contributed by atoms with E-state index >= 15 is 0 Å². The van der Waals surface area contributed by atoms with E-state index in [1.807, 2.05) is 18.5 Å². The van der Waals surface area contributed by atoms with Crippen molar-refractivity contribution < 1.29 is 4.39 Å². The Hall–Kier alpha value is -2.49. The maximum atomic E-state index is 14.9. The fourth-order valence-corrected chi connectivity index (χ4v) is 3.79. The molecule has 3 aromatic rings. The number of fused-ring (bicyclic) bond motifs is 2. The van der Waals surface area contributed by atoms with Crippen LogP contribution < -0.4 is 0 Å². The highest BCUT2D eigenvalue weighted by molar-refractivity contribution is 6.14. The lowest BCUT2D eigenvalue weighted by Crippen LogP contribution is -2.47. The van der Waals surface area contributed by atoms with E-state index in [0.29, 0.717) is 0 Å². The molecule has 4 heteroatoms. The maximum Gasteiger partial charge on any atom is 0.140 e. The van der Waals surface area contributed by atoms with E-state index in [2.05, 4.69) is 57.0 Å². The number of hydrogen-bond donors (Lipinski definition) is 0. The Morgan fingerprint density at radius 3 is 2.50 bits per heavy atom. The van der Waals surface area contributed by atoms with Gasteiger partial charge in [-0.2, -0.15) is 0 Å². The van der Waals surface area contributed by atoms with Gasteiger partial charge in [0.25, 0.3) is 0 Å². The molecule has 1 aliphatic rings. The zero-order valence-electron chi connectivity index (χ0n) is 16.2. The van der Waals surface area contributed by atoms with Crippen LogP contribution in [0.3, 0.4) is 0 Å². The summed E-state index contributed by atoms with van der Waals surface area (Å²) in [5, 5.41) is 0. The summed E-state index contributed by atoms with van der Waals surface area (Å²) < 4.78 is 16.9. The standard InChI is InChI=1S/C22H24FN3/c1-13-10-11-26-17(12-24-20(26)14(13)2)19-15-8-7-9-16(23)18(15)21(3,4)22(5,6)25-19/h7-12H,1-6H3. The Bertz CT molecular complexity index is 1070. The summed E-state index contributed by atoms with van der Waals surface area (Å²) in [7, 11) is 0. The quantitative estimate of drug-likeness (QED) is 0.608. The van der Waals surface area contributed by atoms with Crippen molar-refractivity contribution in [2.75, 3.05) is 0 Å². The topological polar surface area (TPSA) is 29.7 Å². The molecule has 0 fully saturated rings. The highest BCUT2D eigenvalue weighted by Crippen LogP contribution is 2.45. The number of halogens is 1. The molecule has 1 aliphatic heterocycles. The van der Waals surface area contributed by atoms with E-state index in [0.717, 1.165) is 33.7 Å². The minimum Gasteiger partial charge on any atom is -0.298 e. The van der Waals surface area contributed by atoms with Crippen LogP contribution in [0.1, 0.15) is 55.6 Å². The van der Waals surface area contributed by atoms with Crippen molar-refractivity contribution in [1.29, 1.82) is 0 Å². The van der Waals surface area contributed by atoms with Crippen molar-refractivity contribution in [1.82, 2.24) is 9.38 Å². The zero-order valence-corrected chi connectivity index (χ0v) is 16.2. The first-order valence-corrected chi connectivity index (χ1v) is 8.98. The van der Waals surface area contributed by atoms with Crippen LogP contribution >= 0.6 is 0 Å². The second-order valence-electron chi connectivity index (χ2n) is 8.27. The molecule has 0 N–H and O–H groups in total. The summed E-state index contributed by atoms with van der Waals surface area (Å²) in [6.07, 6.45) is 3.87. The van der Waals surface area contributed by atoms with Gasteiger partial charge >= 0.3 is 0 Å². The molecule has 0 unspecified atom stereocenters. The number of imidazole rings is 1. The average Bonchev–Trinajstić information content (AvgIpc) is 2.99. The number of benzene rings is 1. The molecule has 0 saturated carbocycles. The number of aromatic nitrogens is 2. The van der Waals surface area contributed by atoms with Gasteiger partial charge in [0, 0.05) is 22.7 Å². The van der Waals surface area contributed by atoms with Crippen molar-refractivity contribution >= 4 is 11.4 Å². The molecule has 3 heterocycles. The monoisotopic (exact) mass is 349 g/mol. The molecule has 0 radical (unpaired) electrons. The summed E-state index contributed by atoms with van der Waals surface area (Å²) in [6.45, 7) is 12.4. The third-order valence-corrected chi connectivity index (χ3v) is 6.25. The van der Waals surface area contributed by atoms with Crippen LogP contribution in [0.4, 0.5) is 4.39 Å². The maximum absolute atomic E-state index is 14.9. The largest absolute Gasteiger partial charge is 0.298 e. The molecule has 134 valence electrons. The summed E-state index contributed by atoms with van der Waals surface area (Å²) >= 11 is 0. The Kier molecular flexibility index (Phi) is 3.43. The molecule has 0 bridgehead atoms. The first-order valence-electron chi connectivity index (χ1n) is 8.98. The number of aryl methyl sites for hydroxylation is 2. The number of rotatable bonds is 1. The fourth-order valence-electron chi connectivity index (χ4n) is 3.79. The van der Waals surface area contributed by atoms with E-state index in [9.17, 15) is 4.39 Å². The fraction of sp³-hybridized carbons (Fsp3) is 0.364. The van der Waals surface area contributed by atoms with Crippen molar-refractivity contribution in [2.24, 2.45) is 4.99 Å². The molecule has 0 saturated heterocycles. The number of hydrogen-bond acceptors (Lipinski definition) is 2. The predicted octanol–water partition coefficient (Wildman–Crippen LogP) is 5.00. The Morgan fingerprint density at radius 1 is 1.04 bits per heavy atom. The molecule has 2 aromatic heterocycles. The van der Waals surface area contributed by atoms with Gasteiger partial charge in [0.15, 0.2) is 0 Å². The average molecular weight is 349 g/mol. The van der Waals surface area contributed by atoms with Crippen molar-refractivity contribution in [3.05, 3.63) is 70.4 Å². The molecule has 0 aliphatic carbocycles. The number of nitrogens with zero attached hydrogens (tertiary/aromatic N) is 3. The van der Waals surface area contributed by atoms with Crippen LogP contribution in [0.25, 0.3) is 5.65 Å². The first-order chi connectivity index (χ1) is 12.1. The molecule has 0 amide bonds. The SMILES string of the molecule is Cc1ccn2c(C3=NC(C)(C)C(C)(C)c4c(F)cccc43)cnc2c1C. The van der Waals surface area contributed by atoms with Crippen molar-refractivity contribution in [3.8, 4) is 0 Å². The summed E-state index contributed by atoms with van der Waals surface area (Å²) in [6, 6.07) is 7.35. The van der Waals surface area contributed by atoms with E-state index in [4.69, 9.17) is 4.99 Å². The Labute approximate surface area is 153 Å². The van der Waals surface area contributed by atoms with Crippen LogP contribution in [0, 0.1) is 19.7 Å². The van der Waals surface area contributed by atoms with Gasteiger partial charge in [-0.25, -0.2) is 9.37 Å². The second kappa shape index (κ2) is 5.26. The molecule has 0 spiro atoms. The second-order valence-corrected chi connectivity index (χ2v) is 8.27. The van der Waals surface area contributed by atoms with Gasteiger partial charge in [0.1, 0.15) is 11.5 Å². The van der Waals surface area contributed by atoms with Gasteiger partial charge in [-0.3, -0.25) is 9.39 Å². The van der Waals surface area contributed by atoms with Gasteiger partial charge in [-0.15, -0.1) is 0 Å². The van der Waals surface area contributed by atoms with Crippen molar-refractivity contribution in [2.45, 2.75) is 52.5 Å². The summed E-state index contributed by atoms with van der Waals surface area (Å²) in [5.41, 5.74) is 5.71. The Morgan fingerprint density at radius 2 is 1.77 bits per heavy atom. The van der Waals surface area contributed by atoms with Gasteiger partial charge in [-0.05, 0) is 51.0 Å². The zero-order chi connectivity index (χ0) is 18.9.